The van der Waals surface area contributed by atoms with E-state index in [9.17, 15) is 9.18 Å². The normalized spacial score (nSPS) is 10.2. The van der Waals surface area contributed by atoms with E-state index < -0.39 is 0 Å². The Kier molecular flexibility index (Phi) is 6.06. The van der Waals surface area contributed by atoms with Crippen molar-refractivity contribution in [2.75, 3.05) is 24.9 Å². The lowest BCUT2D eigenvalue weighted by molar-refractivity contribution is 0.102. The number of anilines is 2. The van der Waals surface area contributed by atoms with Gasteiger partial charge < -0.3 is 20.1 Å². The molecule has 1 heterocycles. The molecule has 0 saturated heterocycles. The molecule has 0 radical (unpaired) electrons. The summed E-state index contributed by atoms with van der Waals surface area (Å²) in [6.45, 7) is 0.498. The van der Waals surface area contributed by atoms with Gasteiger partial charge in [-0.25, -0.2) is 4.39 Å². The molecule has 0 spiro atoms. The van der Waals surface area contributed by atoms with Crippen molar-refractivity contribution in [2.24, 2.45) is 0 Å². The Morgan fingerprint density at radius 3 is 2.54 bits per heavy atom. The van der Waals surface area contributed by atoms with Gasteiger partial charge >= 0.3 is 0 Å². The van der Waals surface area contributed by atoms with Crippen molar-refractivity contribution in [1.82, 2.24) is 4.98 Å². The molecule has 0 saturated carbocycles. The fourth-order valence-electron chi connectivity index (χ4n) is 2.56. The number of halogens is 1. The molecule has 0 fully saturated rings. The minimum atomic E-state index is -0.367. The van der Waals surface area contributed by atoms with Crippen LogP contribution in [0.25, 0.3) is 0 Å². The van der Waals surface area contributed by atoms with Crippen LogP contribution >= 0.6 is 0 Å². The predicted octanol–water partition coefficient (Wildman–Crippen LogP) is 4.10. The molecule has 0 atom stereocenters. The molecule has 3 rings (SSSR count). The first kappa shape index (κ1) is 19.2. The van der Waals surface area contributed by atoms with Crippen molar-refractivity contribution < 1.29 is 18.7 Å². The van der Waals surface area contributed by atoms with Gasteiger partial charge in [-0.2, -0.15) is 0 Å². The topological polar surface area (TPSA) is 72.5 Å². The van der Waals surface area contributed by atoms with Gasteiger partial charge in [-0.3, -0.25) is 9.78 Å². The summed E-state index contributed by atoms with van der Waals surface area (Å²) in [7, 11) is 3.07. The third-order valence-electron chi connectivity index (χ3n) is 4.06. The van der Waals surface area contributed by atoms with E-state index in [0.29, 0.717) is 23.7 Å². The van der Waals surface area contributed by atoms with Gasteiger partial charge in [0.15, 0.2) is 0 Å². The zero-order valence-electron chi connectivity index (χ0n) is 15.5. The minimum absolute atomic E-state index is 0.252. The van der Waals surface area contributed by atoms with Gasteiger partial charge in [0.2, 0.25) is 0 Å². The molecule has 0 unspecified atom stereocenters. The van der Waals surface area contributed by atoms with E-state index >= 15 is 0 Å². The molecule has 2 N–H and O–H groups in total. The molecule has 1 amide bonds. The molecule has 6 nitrogen and oxygen atoms in total. The van der Waals surface area contributed by atoms with Crippen LogP contribution in [0.4, 0.5) is 15.8 Å². The average molecular weight is 381 g/mol. The summed E-state index contributed by atoms with van der Waals surface area (Å²) in [5, 5.41) is 5.98. The molecule has 28 heavy (non-hydrogen) atoms. The van der Waals surface area contributed by atoms with Crippen LogP contribution in [0.5, 0.6) is 11.5 Å². The van der Waals surface area contributed by atoms with Crippen molar-refractivity contribution in [3.05, 3.63) is 77.9 Å². The SMILES string of the molecule is COc1ccc(NC(=O)c2cc(NCc3ccc(F)cc3)ccn2)c(OC)c1. The second kappa shape index (κ2) is 8.85. The highest BCUT2D eigenvalue weighted by Crippen LogP contribution is 2.29. The van der Waals surface area contributed by atoms with Gasteiger partial charge in [-0.1, -0.05) is 12.1 Å². The van der Waals surface area contributed by atoms with Crippen molar-refractivity contribution in [3.8, 4) is 11.5 Å². The van der Waals surface area contributed by atoms with E-state index in [1.165, 1.54) is 19.2 Å². The van der Waals surface area contributed by atoms with E-state index in [1.54, 1.807) is 55.8 Å². The van der Waals surface area contributed by atoms with Crippen molar-refractivity contribution in [3.63, 3.8) is 0 Å². The molecule has 2 aromatic carbocycles. The Bertz CT molecular complexity index is 961. The molecule has 0 aliphatic heterocycles. The fourth-order valence-corrected chi connectivity index (χ4v) is 2.56. The summed E-state index contributed by atoms with van der Waals surface area (Å²) in [5.41, 5.74) is 2.42. The van der Waals surface area contributed by atoms with Gasteiger partial charge in [0.25, 0.3) is 5.91 Å². The van der Waals surface area contributed by atoms with Crippen molar-refractivity contribution >= 4 is 17.3 Å². The van der Waals surface area contributed by atoms with Gasteiger partial charge in [0, 0.05) is 24.5 Å². The van der Waals surface area contributed by atoms with E-state index in [2.05, 4.69) is 15.6 Å². The van der Waals surface area contributed by atoms with Gasteiger partial charge in [-0.05, 0) is 42.0 Å². The highest BCUT2D eigenvalue weighted by Gasteiger charge is 2.12. The number of rotatable bonds is 7. The highest BCUT2D eigenvalue weighted by atomic mass is 19.1. The van der Waals surface area contributed by atoms with Crippen LogP contribution in [0.2, 0.25) is 0 Å². The molecular weight excluding hydrogens is 361 g/mol. The Hall–Kier alpha value is -3.61. The summed E-state index contributed by atoms with van der Waals surface area (Å²) >= 11 is 0. The maximum atomic E-state index is 13.0. The number of amides is 1. The summed E-state index contributed by atoms with van der Waals surface area (Å²) in [5.74, 6) is 0.465. The Labute approximate surface area is 162 Å². The number of methoxy groups -OCH3 is 2. The van der Waals surface area contributed by atoms with Crippen molar-refractivity contribution in [2.45, 2.75) is 6.54 Å². The van der Waals surface area contributed by atoms with Gasteiger partial charge in [0.05, 0.1) is 19.9 Å². The number of nitrogens with one attached hydrogen (secondary N) is 2. The van der Waals surface area contributed by atoms with Crippen LogP contribution in [0, 0.1) is 5.82 Å². The number of nitrogens with zero attached hydrogens (tertiary/aromatic N) is 1. The summed E-state index contributed by atoms with van der Waals surface area (Å²) in [6.07, 6.45) is 1.55. The monoisotopic (exact) mass is 381 g/mol. The van der Waals surface area contributed by atoms with E-state index in [-0.39, 0.29) is 17.4 Å². The lowest BCUT2D eigenvalue weighted by Gasteiger charge is -2.12. The maximum absolute atomic E-state index is 13.0. The Morgan fingerprint density at radius 2 is 1.82 bits per heavy atom. The number of carbonyl (C=O) groups excluding carboxylic acids is 1. The number of benzene rings is 2. The number of aromatic nitrogens is 1. The number of ether oxygens (including phenoxy) is 2. The predicted molar refractivity (Wildman–Crippen MR) is 105 cm³/mol. The van der Waals surface area contributed by atoms with E-state index in [4.69, 9.17) is 9.47 Å². The lowest BCUT2D eigenvalue weighted by Crippen LogP contribution is -2.14. The third-order valence-corrected chi connectivity index (χ3v) is 4.06. The zero-order valence-corrected chi connectivity index (χ0v) is 15.5. The van der Waals surface area contributed by atoms with Crippen LogP contribution in [0.3, 0.4) is 0 Å². The molecule has 7 heteroatoms. The molecule has 144 valence electrons. The highest BCUT2D eigenvalue weighted by molar-refractivity contribution is 6.04. The van der Waals surface area contributed by atoms with Crippen molar-refractivity contribution in [1.29, 1.82) is 0 Å². The first-order chi connectivity index (χ1) is 13.6. The lowest BCUT2D eigenvalue weighted by atomic mass is 10.2. The van der Waals surface area contributed by atoms with E-state index in [1.807, 2.05) is 0 Å². The number of hydrogen-bond donors (Lipinski definition) is 2. The summed E-state index contributed by atoms with van der Waals surface area (Å²) in [4.78, 5) is 16.7. The van der Waals surface area contributed by atoms with Crippen LogP contribution in [0.15, 0.2) is 60.8 Å². The van der Waals surface area contributed by atoms with Crippen LogP contribution < -0.4 is 20.1 Å². The van der Waals surface area contributed by atoms with Crippen LogP contribution in [-0.2, 0) is 6.54 Å². The first-order valence-corrected chi connectivity index (χ1v) is 8.57. The van der Waals surface area contributed by atoms with Crippen LogP contribution in [0.1, 0.15) is 16.1 Å². The summed E-state index contributed by atoms with van der Waals surface area (Å²) in [6, 6.07) is 14.7. The minimum Gasteiger partial charge on any atom is -0.497 e. The molecule has 1 aromatic heterocycles. The number of carbonyl (C=O) groups is 1. The van der Waals surface area contributed by atoms with E-state index in [0.717, 1.165) is 11.3 Å². The Balaban J connectivity index is 1.69. The second-order valence-electron chi connectivity index (χ2n) is 5.93. The summed E-state index contributed by atoms with van der Waals surface area (Å²) < 4.78 is 23.4. The van der Waals surface area contributed by atoms with Crippen LogP contribution in [-0.4, -0.2) is 25.1 Å². The third kappa shape index (κ3) is 4.76. The number of pyridine rings is 1. The second-order valence-corrected chi connectivity index (χ2v) is 5.93. The zero-order chi connectivity index (χ0) is 19.9. The van der Waals surface area contributed by atoms with Gasteiger partial charge in [-0.15, -0.1) is 0 Å². The quantitative estimate of drug-likeness (QED) is 0.645. The van der Waals surface area contributed by atoms with Gasteiger partial charge in [0.1, 0.15) is 23.0 Å². The molecule has 0 bridgehead atoms. The average Bonchev–Trinajstić information content (AvgIpc) is 2.73. The maximum Gasteiger partial charge on any atom is 0.274 e. The standard InChI is InChI=1S/C21H20FN3O3/c1-27-17-7-8-18(20(12-17)28-2)25-21(26)19-11-16(9-10-23-19)24-13-14-3-5-15(22)6-4-14/h3-12H,13H2,1-2H3,(H,23,24)(H,25,26). The molecule has 0 aliphatic carbocycles. The Morgan fingerprint density at radius 1 is 1.04 bits per heavy atom. The number of hydrogen-bond acceptors (Lipinski definition) is 5. The fraction of sp³-hybridized carbons (Fsp3) is 0.143. The molecule has 0 aliphatic rings. The molecule has 3 aromatic rings. The smallest absolute Gasteiger partial charge is 0.274 e. The largest absolute Gasteiger partial charge is 0.497 e. The first-order valence-electron chi connectivity index (χ1n) is 8.57. The molecular formula is C21H20FN3O3.